The minimum absolute atomic E-state index is 0.0327. The number of fused-ring (bicyclic) bond motifs is 1. The molecule has 0 bridgehead atoms. The molecule has 7 nitrogen and oxygen atoms in total. The van der Waals surface area contributed by atoms with E-state index in [-0.39, 0.29) is 41.3 Å². The van der Waals surface area contributed by atoms with Gasteiger partial charge in [0, 0.05) is 6.42 Å². The lowest BCUT2D eigenvalue weighted by atomic mass is 10.1. The van der Waals surface area contributed by atoms with E-state index in [1.54, 1.807) is 0 Å². The van der Waals surface area contributed by atoms with Crippen LogP contribution in [-0.4, -0.2) is 44.6 Å². The zero-order chi connectivity index (χ0) is 27.8. The maximum absolute atomic E-state index is 15.1. The number of nitrogens with zero attached hydrogens (tertiary/aromatic N) is 1. The number of anilines is 1. The minimum atomic E-state index is -4.85. The van der Waals surface area contributed by atoms with Crippen molar-refractivity contribution in [2.45, 2.75) is 62.8 Å². The number of carbonyl (C=O) groups excluding carboxylic acids is 2. The van der Waals surface area contributed by atoms with Crippen LogP contribution in [0.2, 0.25) is 0 Å². The normalized spacial score (nSPS) is 16.1. The van der Waals surface area contributed by atoms with Crippen molar-refractivity contribution in [1.29, 1.82) is 0 Å². The fourth-order valence-electron chi connectivity index (χ4n) is 3.55. The Kier molecular flexibility index (Phi) is 7.87. The fourth-order valence-corrected chi connectivity index (χ4v) is 5.04. The molecule has 0 aliphatic carbocycles. The van der Waals surface area contributed by atoms with Crippen LogP contribution in [0, 0.1) is 11.6 Å². The number of ether oxygens (including phenoxy) is 2. The zero-order valence-electron chi connectivity index (χ0n) is 20.1. The molecule has 3 rings (SSSR count). The van der Waals surface area contributed by atoms with Gasteiger partial charge in [-0.2, -0.15) is 13.2 Å². The zero-order valence-corrected chi connectivity index (χ0v) is 20.9. The van der Waals surface area contributed by atoms with Crippen LogP contribution in [-0.2, 0) is 30.8 Å². The predicted molar refractivity (Wildman–Crippen MR) is 122 cm³/mol. The Morgan fingerprint density at radius 2 is 1.73 bits per heavy atom. The molecule has 1 aliphatic heterocycles. The largest absolute Gasteiger partial charge is 0.483 e. The quantitative estimate of drug-likeness (QED) is 0.350. The van der Waals surface area contributed by atoms with Crippen LogP contribution < -0.4 is 9.04 Å². The van der Waals surface area contributed by atoms with E-state index >= 15 is 4.39 Å². The number of carbonyl (C=O) groups is 2. The van der Waals surface area contributed by atoms with E-state index in [0.717, 1.165) is 40.7 Å². The Bertz CT molecular complexity index is 1290. The molecule has 1 atom stereocenters. The van der Waals surface area contributed by atoms with Crippen molar-refractivity contribution < 1.29 is 49.4 Å². The molecule has 0 saturated carbocycles. The Hall–Kier alpha value is -3.22. The summed E-state index contributed by atoms with van der Waals surface area (Å²) in [6.07, 6.45) is -6.45. The Morgan fingerprint density at radius 1 is 1.11 bits per heavy atom. The Morgan fingerprint density at radius 3 is 2.30 bits per heavy atom. The number of hydrogen-bond acceptors (Lipinski definition) is 6. The van der Waals surface area contributed by atoms with E-state index in [4.69, 9.17) is 4.74 Å². The third kappa shape index (κ3) is 6.38. The minimum Gasteiger partial charge on any atom is -0.483 e. The van der Waals surface area contributed by atoms with E-state index < -0.39 is 57.7 Å². The first-order chi connectivity index (χ1) is 17.0. The molecule has 1 heterocycles. The van der Waals surface area contributed by atoms with Crippen LogP contribution in [0.4, 0.5) is 27.6 Å². The first kappa shape index (κ1) is 28.4. The number of ketones is 1. The van der Waals surface area contributed by atoms with Gasteiger partial charge >= 0.3 is 12.1 Å². The summed E-state index contributed by atoms with van der Waals surface area (Å²) in [6.45, 7) is 2.30. The lowest BCUT2D eigenvalue weighted by Gasteiger charge is -2.36. The number of rotatable bonds is 8. The summed E-state index contributed by atoms with van der Waals surface area (Å²) in [5.74, 6) is -3.74. The molecule has 0 aromatic heterocycles. The SMILES string of the molecule is CC(=O)CC[C@H]1CN(S(=O)(=O)c2ccc(F)cc2)c2cc(CC(=O)OC(C)(C)C(F)(F)F)cc(F)c2O1. The smallest absolute Gasteiger partial charge is 0.427 e. The highest BCUT2D eigenvalue weighted by Gasteiger charge is 2.50. The molecule has 2 aromatic rings. The molecule has 0 radical (unpaired) electrons. The van der Waals surface area contributed by atoms with E-state index in [1.165, 1.54) is 6.92 Å². The van der Waals surface area contributed by atoms with Gasteiger partial charge < -0.3 is 14.3 Å². The van der Waals surface area contributed by atoms with Crippen molar-refractivity contribution in [3.8, 4) is 5.75 Å². The number of sulfonamides is 1. The van der Waals surface area contributed by atoms with Crippen molar-refractivity contribution >= 4 is 27.5 Å². The predicted octanol–water partition coefficient (Wildman–Crippen LogP) is 4.72. The molecule has 202 valence electrons. The van der Waals surface area contributed by atoms with Gasteiger partial charge in [0.25, 0.3) is 10.0 Å². The first-order valence-electron chi connectivity index (χ1n) is 11.1. The van der Waals surface area contributed by atoms with Crippen molar-refractivity contribution in [2.24, 2.45) is 0 Å². The topological polar surface area (TPSA) is 90.0 Å². The highest BCUT2D eigenvalue weighted by Crippen LogP contribution is 2.41. The number of benzene rings is 2. The summed E-state index contributed by atoms with van der Waals surface area (Å²) in [7, 11) is -4.40. The summed E-state index contributed by atoms with van der Waals surface area (Å²) in [5.41, 5.74) is -3.27. The van der Waals surface area contributed by atoms with Gasteiger partial charge in [-0.3, -0.25) is 9.10 Å². The van der Waals surface area contributed by atoms with Crippen molar-refractivity contribution in [3.05, 3.63) is 53.6 Å². The molecule has 13 heteroatoms. The van der Waals surface area contributed by atoms with Crippen molar-refractivity contribution in [1.82, 2.24) is 0 Å². The molecule has 1 aliphatic rings. The van der Waals surface area contributed by atoms with Gasteiger partial charge in [-0.1, -0.05) is 0 Å². The second kappa shape index (κ2) is 10.3. The monoisotopic (exact) mass is 549 g/mol. The maximum Gasteiger partial charge on any atom is 0.427 e. The molecule has 37 heavy (non-hydrogen) atoms. The number of halogens is 5. The van der Waals surface area contributed by atoms with E-state index in [9.17, 15) is 35.6 Å². The van der Waals surface area contributed by atoms with Gasteiger partial charge in [0.05, 0.1) is 23.5 Å². The van der Waals surface area contributed by atoms with Gasteiger partial charge in [-0.15, -0.1) is 0 Å². The molecule has 0 spiro atoms. The lowest BCUT2D eigenvalue weighted by molar-refractivity contribution is -0.257. The summed E-state index contributed by atoms with van der Waals surface area (Å²) in [6, 6.07) is 5.81. The molecule has 0 fully saturated rings. The van der Waals surface area contributed by atoms with Crippen molar-refractivity contribution in [2.75, 3.05) is 10.8 Å². The Labute approximate surface area is 210 Å². The lowest BCUT2D eigenvalue weighted by Crippen LogP contribution is -2.44. The molecule has 0 saturated heterocycles. The third-order valence-corrected chi connectivity index (χ3v) is 7.42. The number of alkyl halides is 3. The van der Waals surface area contributed by atoms with Crippen LogP contribution in [0.25, 0.3) is 0 Å². The van der Waals surface area contributed by atoms with Gasteiger partial charge in [0.1, 0.15) is 17.7 Å². The van der Waals surface area contributed by atoms with Crippen LogP contribution in [0.5, 0.6) is 5.75 Å². The molecule has 0 N–H and O–H groups in total. The van der Waals surface area contributed by atoms with E-state index in [1.807, 2.05) is 0 Å². The van der Waals surface area contributed by atoms with Crippen molar-refractivity contribution in [3.63, 3.8) is 0 Å². The number of Topliss-reactive ketones (excluding diaryl/α,β-unsaturated/α-hetero) is 1. The first-order valence-corrected chi connectivity index (χ1v) is 12.5. The fraction of sp³-hybridized carbons (Fsp3) is 0.417. The van der Waals surface area contributed by atoms with E-state index in [2.05, 4.69) is 4.74 Å². The molecule has 0 amide bonds. The Balaban J connectivity index is 2.01. The number of esters is 1. The highest BCUT2D eigenvalue weighted by molar-refractivity contribution is 7.92. The highest BCUT2D eigenvalue weighted by atomic mass is 32.2. The second-order valence-electron chi connectivity index (χ2n) is 9.06. The average molecular weight is 550 g/mol. The van der Waals surface area contributed by atoms with Crippen LogP contribution in [0.3, 0.4) is 0 Å². The third-order valence-electron chi connectivity index (χ3n) is 5.63. The maximum atomic E-state index is 15.1. The van der Waals surface area contributed by atoms with E-state index in [0.29, 0.717) is 13.8 Å². The number of hydrogen-bond donors (Lipinski definition) is 0. The molecular formula is C24H24F5NO6S. The standard InChI is InChI=1S/C24H24F5NO6S/c1-14(31)4-7-17-13-30(37(33,34)18-8-5-16(25)6-9-18)20-11-15(10-19(26)22(20)35-17)12-21(32)36-23(2,3)24(27,28)29/h5-6,8-11,17H,4,7,12-13H2,1-3H3/t17-/m0/s1. The van der Waals surface area contributed by atoms with Gasteiger partial charge in [0.2, 0.25) is 5.60 Å². The molecular weight excluding hydrogens is 525 g/mol. The van der Waals surface area contributed by atoms with Gasteiger partial charge in [0.15, 0.2) is 11.6 Å². The van der Waals surface area contributed by atoms with Crippen LogP contribution >= 0.6 is 0 Å². The molecule has 2 aromatic carbocycles. The summed E-state index contributed by atoms with van der Waals surface area (Å²) in [4.78, 5) is 23.3. The van der Waals surface area contributed by atoms with Crippen LogP contribution in [0.1, 0.15) is 39.2 Å². The van der Waals surface area contributed by atoms with Gasteiger partial charge in [-0.05, 0) is 69.2 Å². The molecule has 0 unspecified atom stereocenters. The summed E-state index contributed by atoms with van der Waals surface area (Å²) < 4.78 is 106. The second-order valence-corrected chi connectivity index (χ2v) is 10.9. The van der Waals surface area contributed by atoms with Crippen LogP contribution in [0.15, 0.2) is 41.3 Å². The summed E-state index contributed by atoms with van der Waals surface area (Å²) in [5, 5.41) is 0. The summed E-state index contributed by atoms with van der Waals surface area (Å²) >= 11 is 0. The van der Waals surface area contributed by atoms with Gasteiger partial charge in [-0.25, -0.2) is 17.2 Å². The average Bonchev–Trinajstić information content (AvgIpc) is 2.76.